The summed E-state index contributed by atoms with van der Waals surface area (Å²) in [7, 11) is 0. The van der Waals surface area contributed by atoms with Gasteiger partial charge in [-0.3, -0.25) is 9.59 Å². The second-order valence-corrected chi connectivity index (χ2v) is 5.60. The first-order valence-electron chi connectivity index (χ1n) is 8.64. The first-order valence-corrected chi connectivity index (χ1v) is 8.64. The number of amides is 2. The van der Waals surface area contributed by atoms with Gasteiger partial charge < -0.3 is 15.0 Å². The molecule has 5 nitrogen and oxygen atoms in total. The van der Waals surface area contributed by atoms with E-state index in [0.717, 1.165) is 0 Å². The number of rotatable bonds is 8. The lowest BCUT2D eigenvalue weighted by molar-refractivity contribution is 0.0774. The molecule has 2 aromatic rings. The van der Waals surface area contributed by atoms with E-state index < -0.39 is 0 Å². The number of nitrogens with zero attached hydrogens (tertiary/aromatic N) is 1. The van der Waals surface area contributed by atoms with Crippen molar-refractivity contribution in [3.63, 3.8) is 0 Å². The Balaban J connectivity index is 2.16. The quantitative estimate of drug-likeness (QED) is 0.731. The van der Waals surface area contributed by atoms with Crippen molar-refractivity contribution in [2.75, 3.05) is 25.0 Å². The molecule has 0 spiro atoms. The van der Waals surface area contributed by atoms with E-state index in [1.54, 1.807) is 59.5 Å². The minimum Gasteiger partial charge on any atom is -0.490 e. The molecule has 0 aliphatic heterocycles. The molecule has 0 saturated heterocycles. The Labute approximate surface area is 154 Å². The maximum Gasteiger partial charge on any atom is 0.255 e. The van der Waals surface area contributed by atoms with Gasteiger partial charge in [0.05, 0.1) is 11.3 Å². The predicted molar refractivity (Wildman–Crippen MR) is 104 cm³/mol. The highest BCUT2D eigenvalue weighted by molar-refractivity contribution is 6.09. The normalized spacial score (nSPS) is 10.1. The van der Waals surface area contributed by atoms with Crippen molar-refractivity contribution < 1.29 is 14.3 Å². The second kappa shape index (κ2) is 9.42. The van der Waals surface area contributed by atoms with Crippen molar-refractivity contribution in [3.8, 4) is 5.75 Å². The fourth-order valence-corrected chi connectivity index (χ4v) is 2.51. The molecule has 5 heteroatoms. The molecule has 2 aromatic carbocycles. The summed E-state index contributed by atoms with van der Waals surface area (Å²) < 4.78 is 5.41. The molecule has 0 aliphatic rings. The number of nitrogens with one attached hydrogen (secondary N) is 1. The molecule has 0 fully saturated rings. The molecule has 0 atom stereocenters. The minimum absolute atomic E-state index is 0.0981. The molecule has 1 N–H and O–H groups in total. The van der Waals surface area contributed by atoms with Crippen LogP contribution in [0.25, 0.3) is 0 Å². The number of carbonyl (C=O) groups excluding carboxylic acids is 2. The lowest BCUT2D eigenvalue weighted by Gasteiger charge is -2.20. The molecule has 26 heavy (non-hydrogen) atoms. The van der Waals surface area contributed by atoms with Gasteiger partial charge in [0.2, 0.25) is 0 Å². The van der Waals surface area contributed by atoms with E-state index >= 15 is 0 Å². The summed E-state index contributed by atoms with van der Waals surface area (Å²) in [6.45, 7) is 9.09. The van der Waals surface area contributed by atoms with Crippen LogP contribution in [-0.4, -0.2) is 36.4 Å². The summed E-state index contributed by atoms with van der Waals surface area (Å²) in [5, 5.41) is 2.83. The lowest BCUT2D eigenvalue weighted by Crippen LogP contribution is -2.31. The van der Waals surface area contributed by atoms with E-state index in [0.29, 0.717) is 42.3 Å². The monoisotopic (exact) mass is 352 g/mol. The summed E-state index contributed by atoms with van der Waals surface area (Å²) in [4.78, 5) is 26.9. The molecule has 0 aliphatic carbocycles. The Morgan fingerprint density at radius 1 is 1.08 bits per heavy atom. The van der Waals surface area contributed by atoms with Gasteiger partial charge in [0.1, 0.15) is 12.4 Å². The van der Waals surface area contributed by atoms with Gasteiger partial charge in [-0.2, -0.15) is 0 Å². The number of hydrogen-bond donors (Lipinski definition) is 1. The first kappa shape index (κ1) is 19.2. The lowest BCUT2D eigenvalue weighted by atomic mass is 10.1. The van der Waals surface area contributed by atoms with Crippen LogP contribution >= 0.6 is 0 Å². The van der Waals surface area contributed by atoms with Gasteiger partial charge in [0, 0.05) is 18.7 Å². The number of para-hydroxylation sites is 1. The summed E-state index contributed by atoms with van der Waals surface area (Å²) >= 11 is 0. The third kappa shape index (κ3) is 4.72. The average molecular weight is 352 g/mol. The predicted octanol–water partition coefficient (Wildman–Crippen LogP) is 3.99. The summed E-state index contributed by atoms with van der Waals surface area (Å²) in [6.07, 6.45) is 1.66. The third-order valence-corrected chi connectivity index (χ3v) is 3.94. The SMILES string of the molecule is C=CCOc1ccc(C(=O)Nc2ccccc2C(=O)N(CC)CC)cc1. The fourth-order valence-electron chi connectivity index (χ4n) is 2.51. The fraction of sp³-hybridized carbons (Fsp3) is 0.238. The van der Waals surface area contributed by atoms with Gasteiger partial charge in [0.15, 0.2) is 0 Å². The van der Waals surface area contributed by atoms with E-state index in [4.69, 9.17) is 4.74 Å². The zero-order chi connectivity index (χ0) is 18.9. The zero-order valence-electron chi connectivity index (χ0n) is 15.2. The molecule has 0 radical (unpaired) electrons. The largest absolute Gasteiger partial charge is 0.490 e. The van der Waals surface area contributed by atoms with Gasteiger partial charge in [-0.25, -0.2) is 0 Å². The van der Waals surface area contributed by atoms with Gasteiger partial charge in [0.25, 0.3) is 11.8 Å². The highest BCUT2D eigenvalue weighted by Crippen LogP contribution is 2.19. The molecular weight excluding hydrogens is 328 g/mol. The van der Waals surface area contributed by atoms with Crippen molar-refractivity contribution in [1.29, 1.82) is 0 Å². The number of ether oxygens (including phenoxy) is 1. The van der Waals surface area contributed by atoms with E-state index in [-0.39, 0.29) is 11.8 Å². The Bertz CT molecular complexity index is 765. The zero-order valence-corrected chi connectivity index (χ0v) is 15.2. The number of benzene rings is 2. The molecule has 2 amide bonds. The van der Waals surface area contributed by atoms with Crippen LogP contribution in [-0.2, 0) is 0 Å². The van der Waals surface area contributed by atoms with Crippen molar-refractivity contribution in [2.24, 2.45) is 0 Å². The first-order chi connectivity index (χ1) is 12.6. The van der Waals surface area contributed by atoms with Crippen molar-refractivity contribution in [3.05, 3.63) is 72.3 Å². The van der Waals surface area contributed by atoms with Gasteiger partial charge >= 0.3 is 0 Å². The van der Waals surface area contributed by atoms with Crippen LogP contribution < -0.4 is 10.1 Å². The third-order valence-electron chi connectivity index (χ3n) is 3.94. The molecule has 0 heterocycles. The van der Waals surface area contributed by atoms with Crippen molar-refractivity contribution in [2.45, 2.75) is 13.8 Å². The topological polar surface area (TPSA) is 58.6 Å². The van der Waals surface area contributed by atoms with Gasteiger partial charge in [-0.05, 0) is 50.2 Å². The van der Waals surface area contributed by atoms with Crippen LogP contribution in [0.15, 0.2) is 61.2 Å². The Kier molecular flexibility index (Phi) is 6.97. The molecule has 0 saturated carbocycles. The van der Waals surface area contributed by atoms with Crippen molar-refractivity contribution in [1.82, 2.24) is 4.90 Å². The smallest absolute Gasteiger partial charge is 0.255 e. The van der Waals surface area contributed by atoms with Crippen LogP contribution in [0.4, 0.5) is 5.69 Å². The Morgan fingerprint density at radius 2 is 1.73 bits per heavy atom. The highest BCUT2D eigenvalue weighted by Gasteiger charge is 2.17. The number of carbonyl (C=O) groups is 2. The van der Waals surface area contributed by atoms with E-state index in [1.807, 2.05) is 13.8 Å². The Morgan fingerprint density at radius 3 is 2.35 bits per heavy atom. The maximum absolute atomic E-state index is 12.6. The molecule has 0 aromatic heterocycles. The van der Waals surface area contributed by atoms with Crippen molar-refractivity contribution >= 4 is 17.5 Å². The van der Waals surface area contributed by atoms with E-state index in [9.17, 15) is 9.59 Å². The summed E-state index contributed by atoms with van der Waals surface area (Å²) in [5.74, 6) is 0.290. The van der Waals surface area contributed by atoms with E-state index in [2.05, 4.69) is 11.9 Å². The van der Waals surface area contributed by atoms with Gasteiger partial charge in [-0.1, -0.05) is 24.8 Å². The van der Waals surface area contributed by atoms with Crippen LogP contribution in [0.5, 0.6) is 5.75 Å². The standard InChI is InChI=1S/C21H24N2O3/c1-4-15-26-17-13-11-16(12-14-17)20(24)22-19-10-8-7-9-18(19)21(25)23(5-2)6-3/h4,7-14H,1,5-6,15H2,2-3H3,(H,22,24). The van der Waals surface area contributed by atoms with Crippen LogP contribution in [0, 0.1) is 0 Å². The molecule has 0 unspecified atom stereocenters. The molecule has 136 valence electrons. The Hall–Kier alpha value is -3.08. The molecule has 0 bridgehead atoms. The van der Waals surface area contributed by atoms with Gasteiger partial charge in [-0.15, -0.1) is 0 Å². The average Bonchev–Trinajstić information content (AvgIpc) is 2.68. The number of anilines is 1. The van der Waals surface area contributed by atoms with Crippen LogP contribution in [0.1, 0.15) is 34.6 Å². The summed E-state index contributed by atoms with van der Waals surface area (Å²) in [6, 6.07) is 13.9. The van der Waals surface area contributed by atoms with Crippen LogP contribution in [0.3, 0.4) is 0 Å². The molecule has 2 rings (SSSR count). The minimum atomic E-state index is -0.278. The highest BCUT2D eigenvalue weighted by atomic mass is 16.5. The maximum atomic E-state index is 12.6. The second-order valence-electron chi connectivity index (χ2n) is 5.60. The summed E-state index contributed by atoms with van der Waals surface area (Å²) in [5.41, 5.74) is 1.47. The van der Waals surface area contributed by atoms with Crippen LogP contribution in [0.2, 0.25) is 0 Å². The van der Waals surface area contributed by atoms with E-state index in [1.165, 1.54) is 0 Å². The molecular formula is C21H24N2O3. The number of hydrogen-bond acceptors (Lipinski definition) is 3.